The van der Waals surface area contributed by atoms with Crippen LogP contribution < -0.4 is 19.7 Å². The highest BCUT2D eigenvalue weighted by Crippen LogP contribution is 2.44. The minimum atomic E-state index is -0.474. The number of benzene rings is 2. The molecule has 0 radical (unpaired) electrons. The van der Waals surface area contributed by atoms with E-state index in [1.807, 2.05) is 25.1 Å². The van der Waals surface area contributed by atoms with Gasteiger partial charge in [0, 0.05) is 23.7 Å². The average Bonchev–Trinajstić information content (AvgIpc) is 2.76. The highest BCUT2D eigenvalue weighted by molar-refractivity contribution is 6.31. The van der Waals surface area contributed by atoms with Crippen molar-refractivity contribution < 1.29 is 23.8 Å². The number of rotatable bonds is 6. The quantitative estimate of drug-likeness (QED) is 0.706. The molecule has 0 aliphatic carbocycles. The summed E-state index contributed by atoms with van der Waals surface area (Å²) in [6, 6.07) is 10.6. The zero-order chi connectivity index (χ0) is 22.5. The summed E-state index contributed by atoms with van der Waals surface area (Å²) in [5.74, 6) is 0.338. The van der Waals surface area contributed by atoms with Gasteiger partial charge in [0.05, 0.1) is 32.4 Å². The molecule has 1 aliphatic rings. The van der Waals surface area contributed by atoms with Crippen molar-refractivity contribution in [3.05, 3.63) is 52.5 Å². The molecule has 1 heterocycles. The van der Waals surface area contributed by atoms with E-state index in [2.05, 4.69) is 5.32 Å². The molecule has 0 aromatic heterocycles. The van der Waals surface area contributed by atoms with Crippen molar-refractivity contribution in [1.82, 2.24) is 5.32 Å². The zero-order valence-electron chi connectivity index (χ0n) is 18.1. The van der Waals surface area contributed by atoms with Gasteiger partial charge in [-0.15, -0.1) is 0 Å². The van der Waals surface area contributed by atoms with E-state index in [9.17, 15) is 9.59 Å². The molecule has 0 saturated heterocycles. The van der Waals surface area contributed by atoms with E-state index in [4.69, 9.17) is 25.8 Å². The Balaban J connectivity index is 1.96. The van der Waals surface area contributed by atoms with Gasteiger partial charge in [0.2, 0.25) is 5.91 Å². The van der Waals surface area contributed by atoms with Gasteiger partial charge in [-0.2, -0.15) is 0 Å². The van der Waals surface area contributed by atoms with Gasteiger partial charge in [-0.05, 0) is 43.5 Å². The summed E-state index contributed by atoms with van der Waals surface area (Å²) in [4.78, 5) is 27.4. The highest BCUT2D eigenvalue weighted by Gasteiger charge is 2.39. The molecular weight excluding hydrogens is 420 g/mol. The van der Waals surface area contributed by atoms with E-state index in [0.717, 1.165) is 5.56 Å². The van der Waals surface area contributed by atoms with E-state index >= 15 is 0 Å². The molecule has 31 heavy (non-hydrogen) atoms. The van der Waals surface area contributed by atoms with Crippen molar-refractivity contribution in [3.63, 3.8) is 0 Å². The molecule has 1 N–H and O–H groups in total. The predicted octanol–water partition coefficient (Wildman–Crippen LogP) is 4.51. The Labute approximate surface area is 187 Å². The maximum absolute atomic E-state index is 13.2. The van der Waals surface area contributed by atoms with Crippen molar-refractivity contribution in [2.45, 2.75) is 38.8 Å². The Morgan fingerprint density at radius 1 is 1.16 bits per heavy atom. The molecule has 0 fully saturated rings. The molecule has 2 atom stereocenters. The number of anilines is 1. The molecule has 3 rings (SSSR count). The summed E-state index contributed by atoms with van der Waals surface area (Å²) < 4.78 is 16.1. The van der Waals surface area contributed by atoms with Crippen LogP contribution in [-0.4, -0.2) is 38.9 Å². The zero-order valence-corrected chi connectivity index (χ0v) is 18.9. The third-order valence-corrected chi connectivity index (χ3v) is 5.75. The molecule has 2 unspecified atom stereocenters. The first kappa shape index (κ1) is 22.7. The molecule has 0 saturated carbocycles. The Bertz CT molecular complexity index is 965. The molecule has 2 amide bonds. The Kier molecular flexibility index (Phi) is 7.28. The molecule has 2 aromatic rings. The highest BCUT2D eigenvalue weighted by atomic mass is 35.5. The lowest BCUT2D eigenvalue weighted by molar-refractivity contribution is -0.123. The number of carbonyl (C=O) groups is 2. The fourth-order valence-corrected chi connectivity index (χ4v) is 4.05. The number of methoxy groups -OCH3 is 2. The van der Waals surface area contributed by atoms with Crippen LogP contribution >= 0.6 is 11.6 Å². The van der Waals surface area contributed by atoms with Crippen LogP contribution in [0.2, 0.25) is 5.02 Å². The van der Waals surface area contributed by atoms with Crippen molar-refractivity contribution in [1.29, 1.82) is 0 Å². The number of ether oxygens (including phenoxy) is 3. The monoisotopic (exact) mass is 446 g/mol. The lowest BCUT2D eigenvalue weighted by Gasteiger charge is -2.38. The molecule has 7 nitrogen and oxygen atoms in total. The van der Waals surface area contributed by atoms with E-state index < -0.39 is 12.0 Å². The van der Waals surface area contributed by atoms with Crippen molar-refractivity contribution in [2.24, 2.45) is 0 Å². The molecule has 8 heteroatoms. The van der Waals surface area contributed by atoms with Crippen LogP contribution in [0.15, 0.2) is 36.4 Å². The third-order valence-electron chi connectivity index (χ3n) is 5.38. The van der Waals surface area contributed by atoms with Crippen LogP contribution in [0.25, 0.3) is 0 Å². The van der Waals surface area contributed by atoms with Crippen molar-refractivity contribution >= 4 is 29.3 Å². The third kappa shape index (κ3) is 4.71. The first-order chi connectivity index (χ1) is 14.9. The van der Waals surface area contributed by atoms with E-state index in [-0.39, 0.29) is 18.6 Å². The van der Waals surface area contributed by atoms with E-state index in [0.29, 0.717) is 40.7 Å². The smallest absolute Gasteiger partial charge is 0.414 e. The first-order valence-electron chi connectivity index (χ1n) is 10.1. The minimum Gasteiger partial charge on any atom is -0.493 e. The van der Waals surface area contributed by atoms with Crippen molar-refractivity contribution in [3.8, 4) is 11.5 Å². The summed E-state index contributed by atoms with van der Waals surface area (Å²) in [5.41, 5.74) is 2.09. The fraction of sp³-hybridized carbons (Fsp3) is 0.391. The summed E-state index contributed by atoms with van der Waals surface area (Å²) in [6.45, 7) is 4.22. The largest absolute Gasteiger partial charge is 0.493 e. The number of halogens is 1. The topological polar surface area (TPSA) is 77.1 Å². The molecular formula is C23H27ClN2O5. The molecule has 2 aromatic carbocycles. The second kappa shape index (κ2) is 9.92. The molecule has 0 spiro atoms. The average molecular weight is 447 g/mol. The lowest BCUT2D eigenvalue weighted by atomic mass is 9.85. The van der Waals surface area contributed by atoms with Crippen LogP contribution in [-0.2, 0) is 16.1 Å². The van der Waals surface area contributed by atoms with Gasteiger partial charge in [-0.1, -0.05) is 29.8 Å². The number of hydrogen-bond donors (Lipinski definition) is 1. The minimum absolute atomic E-state index is 0.149. The Hall–Kier alpha value is -2.93. The Morgan fingerprint density at radius 3 is 2.48 bits per heavy atom. The van der Waals surface area contributed by atoms with Gasteiger partial charge in [0.15, 0.2) is 11.5 Å². The number of nitrogens with one attached hydrogen (secondary N) is 1. The van der Waals surface area contributed by atoms with Gasteiger partial charge in [0.1, 0.15) is 0 Å². The van der Waals surface area contributed by atoms with Crippen LogP contribution in [0, 0.1) is 0 Å². The number of nitrogens with zero attached hydrogens (tertiary/aromatic N) is 1. The van der Waals surface area contributed by atoms with E-state index in [1.54, 1.807) is 30.0 Å². The fourth-order valence-electron chi connectivity index (χ4n) is 3.85. The standard InChI is InChI=1S/C23H27ClN2O5/c1-5-31-23(28)26-14(2)10-17(16-11-20(29-3)21(30-4)12-19(16)26)22(27)25-13-15-8-6-7-9-18(15)24/h6-9,11-12,14,17H,5,10,13H2,1-4H3,(H,25,27). The van der Waals surface area contributed by atoms with Gasteiger partial charge in [-0.25, -0.2) is 4.79 Å². The molecule has 0 bridgehead atoms. The van der Waals surface area contributed by atoms with Crippen LogP contribution in [0.5, 0.6) is 11.5 Å². The summed E-state index contributed by atoms with van der Waals surface area (Å²) in [5, 5.41) is 3.57. The van der Waals surface area contributed by atoms with Crippen LogP contribution in [0.1, 0.15) is 37.3 Å². The lowest BCUT2D eigenvalue weighted by Crippen LogP contribution is -2.46. The summed E-state index contributed by atoms with van der Waals surface area (Å²) >= 11 is 6.21. The Morgan fingerprint density at radius 2 is 1.84 bits per heavy atom. The van der Waals surface area contributed by atoms with Crippen LogP contribution in [0.4, 0.5) is 10.5 Å². The number of fused-ring (bicyclic) bond motifs is 1. The number of hydrogen-bond acceptors (Lipinski definition) is 5. The summed E-state index contributed by atoms with van der Waals surface area (Å²) in [6.07, 6.45) is -0.0197. The molecule has 166 valence electrons. The first-order valence-corrected chi connectivity index (χ1v) is 10.5. The van der Waals surface area contributed by atoms with Gasteiger partial charge in [-0.3, -0.25) is 9.69 Å². The van der Waals surface area contributed by atoms with Gasteiger partial charge in [0.25, 0.3) is 0 Å². The van der Waals surface area contributed by atoms with Crippen LogP contribution in [0.3, 0.4) is 0 Å². The normalized spacial score (nSPS) is 17.5. The second-order valence-electron chi connectivity index (χ2n) is 7.28. The van der Waals surface area contributed by atoms with Gasteiger partial charge >= 0.3 is 6.09 Å². The SMILES string of the molecule is CCOC(=O)N1c2cc(OC)c(OC)cc2C(C(=O)NCc2ccccc2Cl)CC1C. The van der Waals surface area contributed by atoms with Gasteiger partial charge < -0.3 is 19.5 Å². The van der Waals surface area contributed by atoms with E-state index in [1.165, 1.54) is 14.2 Å². The maximum Gasteiger partial charge on any atom is 0.414 e. The van der Waals surface area contributed by atoms with Crippen molar-refractivity contribution in [2.75, 3.05) is 25.7 Å². The number of amides is 2. The molecule has 1 aliphatic heterocycles. The second-order valence-corrected chi connectivity index (χ2v) is 7.69. The summed E-state index contributed by atoms with van der Waals surface area (Å²) in [7, 11) is 3.06. The predicted molar refractivity (Wildman–Crippen MR) is 119 cm³/mol. The number of carbonyl (C=O) groups excluding carboxylic acids is 2. The maximum atomic E-state index is 13.2.